The van der Waals surface area contributed by atoms with Gasteiger partial charge in [-0.2, -0.15) is 0 Å². The van der Waals surface area contributed by atoms with Gasteiger partial charge in [-0.15, -0.1) is 0 Å². The summed E-state index contributed by atoms with van der Waals surface area (Å²) in [7, 11) is 1.55. The summed E-state index contributed by atoms with van der Waals surface area (Å²) in [6.45, 7) is -0.621. The molecule has 0 spiro atoms. The third kappa shape index (κ3) is 7.06. The zero-order valence-corrected chi connectivity index (χ0v) is 17.8. The number of benzene rings is 3. The van der Waals surface area contributed by atoms with Crippen molar-refractivity contribution in [2.45, 2.75) is 0 Å². The highest BCUT2D eigenvalue weighted by Gasteiger charge is 2.15. The Hall–Kier alpha value is -4.40. The number of hydrogen-bond acceptors (Lipinski definition) is 5. The standard InChI is InChI=1S/C24H22FN3O5/c1-32-19-12-10-18(11-13-19)28-23(30)15-33-21-5-3-2-4-20(21)24(31)26-14-22(29)27-17-8-6-16(25)7-9-17/h2-13H,14-15H2,1H3,(H,26,31)(H,27,29)(H,28,30). The van der Waals surface area contributed by atoms with Crippen LogP contribution in [-0.4, -0.2) is 38.0 Å². The van der Waals surface area contributed by atoms with E-state index in [-0.39, 0.29) is 24.5 Å². The van der Waals surface area contributed by atoms with E-state index in [0.717, 1.165) is 0 Å². The van der Waals surface area contributed by atoms with Crippen molar-refractivity contribution in [3.05, 3.63) is 84.2 Å². The maximum atomic E-state index is 12.9. The summed E-state index contributed by atoms with van der Waals surface area (Å²) in [5.41, 5.74) is 1.15. The molecule has 170 valence electrons. The summed E-state index contributed by atoms with van der Waals surface area (Å²) in [5, 5.41) is 7.72. The average molecular weight is 451 g/mol. The van der Waals surface area contributed by atoms with Gasteiger partial charge in [-0.1, -0.05) is 12.1 Å². The van der Waals surface area contributed by atoms with Crippen LogP contribution in [0, 0.1) is 5.82 Å². The Labute approximate surface area is 189 Å². The number of amides is 3. The largest absolute Gasteiger partial charge is 0.497 e. The Morgan fingerprint density at radius 1 is 0.818 bits per heavy atom. The molecule has 3 aromatic carbocycles. The summed E-state index contributed by atoms with van der Waals surface area (Å²) in [6, 6.07) is 18.4. The molecule has 0 heterocycles. The molecule has 3 amide bonds. The molecule has 3 N–H and O–H groups in total. The quantitative estimate of drug-likeness (QED) is 0.463. The van der Waals surface area contributed by atoms with Crippen molar-refractivity contribution < 1.29 is 28.2 Å². The predicted molar refractivity (Wildman–Crippen MR) is 121 cm³/mol. The van der Waals surface area contributed by atoms with E-state index in [1.54, 1.807) is 49.6 Å². The van der Waals surface area contributed by atoms with Crippen molar-refractivity contribution in [2.75, 3.05) is 30.9 Å². The highest BCUT2D eigenvalue weighted by atomic mass is 19.1. The molecule has 33 heavy (non-hydrogen) atoms. The fourth-order valence-electron chi connectivity index (χ4n) is 2.79. The van der Waals surface area contributed by atoms with Crippen LogP contribution in [0.25, 0.3) is 0 Å². The minimum Gasteiger partial charge on any atom is -0.497 e. The lowest BCUT2D eigenvalue weighted by molar-refractivity contribution is -0.118. The molecule has 3 aromatic rings. The first kappa shape index (κ1) is 23.3. The van der Waals surface area contributed by atoms with Gasteiger partial charge < -0.3 is 25.4 Å². The monoisotopic (exact) mass is 451 g/mol. The lowest BCUT2D eigenvalue weighted by Crippen LogP contribution is -2.33. The van der Waals surface area contributed by atoms with Gasteiger partial charge in [0.1, 0.15) is 17.3 Å². The highest BCUT2D eigenvalue weighted by molar-refractivity contribution is 6.01. The van der Waals surface area contributed by atoms with Crippen molar-refractivity contribution in [3.63, 3.8) is 0 Å². The fraction of sp³-hybridized carbons (Fsp3) is 0.125. The number of rotatable bonds is 9. The zero-order chi connectivity index (χ0) is 23.6. The Morgan fingerprint density at radius 2 is 1.42 bits per heavy atom. The molecular formula is C24H22FN3O5. The summed E-state index contributed by atoms with van der Waals surface area (Å²) in [4.78, 5) is 36.8. The number of carbonyl (C=O) groups excluding carboxylic acids is 3. The van der Waals surface area contributed by atoms with Crippen LogP contribution in [0.4, 0.5) is 15.8 Å². The number of methoxy groups -OCH3 is 1. The second-order valence-corrected chi connectivity index (χ2v) is 6.80. The minimum atomic E-state index is -0.546. The molecule has 0 saturated heterocycles. The van der Waals surface area contributed by atoms with Crippen LogP contribution in [0.3, 0.4) is 0 Å². The van der Waals surface area contributed by atoms with E-state index in [9.17, 15) is 18.8 Å². The molecule has 0 saturated carbocycles. The zero-order valence-electron chi connectivity index (χ0n) is 17.8. The summed E-state index contributed by atoms with van der Waals surface area (Å²) in [6.07, 6.45) is 0. The Kier molecular flexibility index (Phi) is 7.96. The maximum Gasteiger partial charge on any atom is 0.262 e. The van der Waals surface area contributed by atoms with Crippen molar-refractivity contribution >= 4 is 29.1 Å². The first-order valence-corrected chi connectivity index (χ1v) is 9.94. The fourth-order valence-corrected chi connectivity index (χ4v) is 2.79. The molecule has 0 bridgehead atoms. The van der Waals surface area contributed by atoms with Crippen molar-refractivity contribution in [1.29, 1.82) is 0 Å². The summed E-state index contributed by atoms with van der Waals surface area (Å²) < 4.78 is 23.5. The SMILES string of the molecule is COc1ccc(NC(=O)COc2ccccc2C(=O)NCC(=O)Nc2ccc(F)cc2)cc1. The third-order valence-corrected chi connectivity index (χ3v) is 4.40. The van der Waals surface area contributed by atoms with E-state index < -0.39 is 23.5 Å². The molecule has 3 rings (SSSR count). The molecule has 0 atom stereocenters. The van der Waals surface area contributed by atoms with Crippen LogP contribution in [0.1, 0.15) is 10.4 Å². The molecule has 0 aliphatic carbocycles. The third-order valence-electron chi connectivity index (χ3n) is 4.40. The average Bonchev–Trinajstić information content (AvgIpc) is 2.83. The van der Waals surface area contributed by atoms with Gasteiger partial charge in [0.2, 0.25) is 5.91 Å². The topological polar surface area (TPSA) is 106 Å². The molecule has 0 radical (unpaired) electrons. The van der Waals surface area contributed by atoms with Crippen LogP contribution in [0.5, 0.6) is 11.5 Å². The minimum absolute atomic E-state index is 0.171. The molecule has 0 aromatic heterocycles. The molecule has 0 aliphatic heterocycles. The Balaban J connectivity index is 1.51. The molecule has 0 aliphatic rings. The van der Waals surface area contributed by atoms with E-state index in [1.165, 1.54) is 30.3 Å². The molecule has 0 fully saturated rings. The number of hydrogen-bond donors (Lipinski definition) is 3. The van der Waals surface area contributed by atoms with Gasteiger partial charge in [0.15, 0.2) is 6.61 Å². The van der Waals surface area contributed by atoms with E-state index in [4.69, 9.17) is 9.47 Å². The van der Waals surface area contributed by atoms with Gasteiger partial charge in [-0.05, 0) is 60.7 Å². The van der Waals surface area contributed by atoms with Crippen LogP contribution in [0.15, 0.2) is 72.8 Å². The van der Waals surface area contributed by atoms with Crippen molar-refractivity contribution in [3.8, 4) is 11.5 Å². The van der Waals surface area contributed by atoms with Gasteiger partial charge in [0.25, 0.3) is 11.8 Å². The number of anilines is 2. The second-order valence-electron chi connectivity index (χ2n) is 6.80. The number of halogens is 1. The van der Waals surface area contributed by atoms with Crippen molar-refractivity contribution in [2.24, 2.45) is 0 Å². The van der Waals surface area contributed by atoms with Gasteiger partial charge in [0.05, 0.1) is 19.2 Å². The van der Waals surface area contributed by atoms with Crippen molar-refractivity contribution in [1.82, 2.24) is 5.32 Å². The number of carbonyl (C=O) groups is 3. The van der Waals surface area contributed by atoms with E-state index in [2.05, 4.69) is 16.0 Å². The Morgan fingerprint density at radius 3 is 2.09 bits per heavy atom. The first-order valence-electron chi connectivity index (χ1n) is 9.94. The van der Waals surface area contributed by atoms with Gasteiger partial charge in [-0.3, -0.25) is 14.4 Å². The van der Waals surface area contributed by atoms with Crippen LogP contribution >= 0.6 is 0 Å². The summed E-state index contributed by atoms with van der Waals surface area (Å²) in [5.74, 6) is -0.998. The number of para-hydroxylation sites is 1. The summed E-state index contributed by atoms with van der Waals surface area (Å²) >= 11 is 0. The predicted octanol–water partition coefficient (Wildman–Crippen LogP) is 3.22. The number of nitrogens with one attached hydrogen (secondary N) is 3. The van der Waals surface area contributed by atoms with Gasteiger partial charge in [0, 0.05) is 11.4 Å². The second kappa shape index (κ2) is 11.3. The van der Waals surface area contributed by atoms with Crippen LogP contribution in [-0.2, 0) is 9.59 Å². The van der Waals surface area contributed by atoms with Crippen LogP contribution in [0.2, 0.25) is 0 Å². The van der Waals surface area contributed by atoms with Gasteiger partial charge in [-0.25, -0.2) is 4.39 Å². The van der Waals surface area contributed by atoms with E-state index >= 15 is 0 Å². The maximum absolute atomic E-state index is 12.9. The lowest BCUT2D eigenvalue weighted by atomic mass is 10.2. The Bertz CT molecular complexity index is 1120. The van der Waals surface area contributed by atoms with E-state index in [0.29, 0.717) is 17.1 Å². The normalized spacial score (nSPS) is 10.1. The van der Waals surface area contributed by atoms with Gasteiger partial charge >= 0.3 is 0 Å². The molecule has 0 unspecified atom stereocenters. The lowest BCUT2D eigenvalue weighted by Gasteiger charge is -2.12. The number of ether oxygens (including phenoxy) is 2. The van der Waals surface area contributed by atoms with E-state index in [1.807, 2.05) is 0 Å². The molecule has 8 nitrogen and oxygen atoms in total. The first-order chi connectivity index (χ1) is 15.9. The smallest absolute Gasteiger partial charge is 0.262 e. The molecular weight excluding hydrogens is 429 g/mol. The molecule has 9 heteroatoms. The highest BCUT2D eigenvalue weighted by Crippen LogP contribution is 2.19. The van der Waals surface area contributed by atoms with Crippen LogP contribution < -0.4 is 25.4 Å².